The first-order valence-corrected chi connectivity index (χ1v) is 9.19. The molecular weight excluding hydrogens is 363 g/mol. The van der Waals surface area contributed by atoms with Crippen molar-refractivity contribution in [3.8, 4) is 0 Å². The molecule has 1 aromatic rings. The second-order valence-electron chi connectivity index (χ2n) is 4.80. The van der Waals surface area contributed by atoms with Gasteiger partial charge in [-0.15, -0.1) is 0 Å². The number of benzene rings is 1. The normalized spacial score (nSPS) is 13.0. The summed E-state index contributed by atoms with van der Waals surface area (Å²) < 4.78 is 36.2. The minimum atomic E-state index is -3.14. The SMILES string of the molecule is CS(=O)(=O)CCC(N)C(=O)NCCc1cc(Br)ccc1F. The van der Waals surface area contributed by atoms with Crippen LogP contribution in [0.2, 0.25) is 0 Å². The second kappa shape index (κ2) is 7.86. The summed E-state index contributed by atoms with van der Waals surface area (Å²) in [7, 11) is -3.14. The molecule has 0 bridgehead atoms. The predicted octanol–water partition coefficient (Wildman–Crippen LogP) is 1.01. The lowest BCUT2D eigenvalue weighted by Gasteiger charge is -2.12. The van der Waals surface area contributed by atoms with Crippen LogP contribution in [0.4, 0.5) is 4.39 Å². The molecule has 0 fully saturated rings. The number of sulfone groups is 1. The number of amides is 1. The van der Waals surface area contributed by atoms with Gasteiger partial charge in [0.15, 0.2) is 0 Å². The van der Waals surface area contributed by atoms with Gasteiger partial charge >= 0.3 is 0 Å². The average Bonchev–Trinajstić information content (AvgIpc) is 2.39. The maximum Gasteiger partial charge on any atom is 0.236 e. The van der Waals surface area contributed by atoms with Crippen LogP contribution >= 0.6 is 15.9 Å². The molecule has 0 spiro atoms. The third-order valence-electron chi connectivity index (χ3n) is 2.84. The molecule has 1 unspecified atom stereocenters. The third-order valence-corrected chi connectivity index (χ3v) is 4.31. The van der Waals surface area contributed by atoms with Gasteiger partial charge in [0.05, 0.1) is 11.8 Å². The molecule has 0 heterocycles. The monoisotopic (exact) mass is 380 g/mol. The first kappa shape index (κ1) is 18.1. The number of carbonyl (C=O) groups is 1. The Morgan fingerprint density at radius 3 is 2.76 bits per heavy atom. The number of nitrogens with two attached hydrogens (primary N) is 1. The van der Waals surface area contributed by atoms with Crippen LogP contribution in [0.5, 0.6) is 0 Å². The van der Waals surface area contributed by atoms with E-state index in [2.05, 4.69) is 21.2 Å². The van der Waals surface area contributed by atoms with Crippen molar-refractivity contribution in [2.45, 2.75) is 18.9 Å². The van der Waals surface area contributed by atoms with E-state index in [1.807, 2.05) is 0 Å². The maximum absolute atomic E-state index is 13.5. The van der Waals surface area contributed by atoms with E-state index in [4.69, 9.17) is 5.73 Å². The summed E-state index contributed by atoms with van der Waals surface area (Å²) >= 11 is 3.25. The van der Waals surface area contributed by atoms with Crippen LogP contribution in [0.25, 0.3) is 0 Å². The van der Waals surface area contributed by atoms with Gasteiger partial charge in [-0.05, 0) is 36.6 Å². The topological polar surface area (TPSA) is 89.3 Å². The molecule has 1 atom stereocenters. The molecule has 0 saturated heterocycles. The number of carbonyl (C=O) groups excluding carboxylic acids is 1. The van der Waals surface area contributed by atoms with Crippen molar-refractivity contribution in [3.63, 3.8) is 0 Å². The summed E-state index contributed by atoms with van der Waals surface area (Å²) in [5, 5.41) is 2.57. The van der Waals surface area contributed by atoms with Crippen molar-refractivity contribution in [2.24, 2.45) is 5.73 Å². The van der Waals surface area contributed by atoms with Crippen LogP contribution in [-0.4, -0.2) is 38.9 Å². The summed E-state index contributed by atoms with van der Waals surface area (Å²) in [6.07, 6.45) is 1.49. The molecule has 0 saturated carbocycles. The fourth-order valence-corrected chi connectivity index (χ4v) is 2.75. The Kier molecular flexibility index (Phi) is 6.76. The first-order valence-electron chi connectivity index (χ1n) is 6.34. The van der Waals surface area contributed by atoms with Crippen LogP contribution in [0.3, 0.4) is 0 Å². The van der Waals surface area contributed by atoms with Gasteiger partial charge in [-0.2, -0.15) is 0 Å². The molecule has 1 aromatic carbocycles. The molecule has 3 N–H and O–H groups in total. The van der Waals surface area contributed by atoms with Gasteiger partial charge in [0.25, 0.3) is 0 Å². The Labute approximate surface area is 132 Å². The zero-order valence-corrected chi connectivity index (χ0v) is 14.0. The van der Waals surface area contributed by atoms with Gasteiger partial charge < -0.3 is 11.1 Å². The highest BCUT2D eigenvalue weighted by Gasteiger charge is 2.15. The van der Waals surface area contributed by atoms with Gasteiger partial charge in [0.1, 0.15) is 15.7 Å². The second-order valence-corrected chi connectivity index (χ2v) is 7.98. The number of hydrogen-bond donors (Lipinski definition) is 2. The molecular formula is C13H18BrFN2O3S. The van der Waals surface area contributed by atoms with Crippen molar-refractivity contribution in [1.82, 2.24) is 5.32 Å². The highest BCUT2D eigenvalue weighted by atomic mass is 79.9. The fraction of sp³-hybridized carbons (Fsp3) is 0.462. The number of hydrogen-bond acceptors (Lipinski definition) is 4. The van der Waals surface area contributed by atoms with E-state index in [0.717, 1.165) is 10.7 Å². The van der Waals surface area contributed by atoms with Crippen molar-refractivity contribution >= 4 is 31.7 Å². The van der Waals surface area contributed by atoms with E-state index in [9.17, 15) is 17.6 Å². The van der Waals surface area contributed by atoms with Crippen LogP contribution in [0.1, 0.15) is 12.0 Å². The third kappa shape index (κ3) is 7.01. The summed E-state index contributed by atoms with van der Waals surface area (Å²) in [4.78, 5) is 11.7. The highest BCUT2D eigenvalue weighted by Crippen LogP contribution is 2.15. The molecule has 1 rings (SSSR count). The van der Waals surface area contributed by atoms with Crippen molar-refractivity contribution in [3.05, 3.63) is 34.1 Å². The number of nitrogens with one attached hydrogen (secondary N) is 1. The molecule has 0 radical (unpaired) electrons. The lowest BCUT2D eigenvalue weighted by molar-refractivity contribution is -0.122. The van der Waals surface area contributed by atoms with Crippen molar-refractivity contribution in [2.75, 3.05) is 18.6 Å². The summed E-state index contributed by atoms with van der Waals surface area (Å²) in [6.45, 7) is 0.235. The first-order chi connectivity index (χ1) is 9.69. The van der Waals surface area contributed by atoms with Gasteiger partial charge in [0.2, 0.25) is 5.91 Å². The number of halogens is 2. The minimum absolute atomic E-state index is 0.0654. The molecule has 0 aromatic heterocycles. The van der Waals surface area contributed by atoms with E-state index >= 15 is 0 Å². The molecule has 118 valence electrons. The summed E-state index contributed by atoms with van der Waals surface area (Å²) in [5.74, 6) is -0.912. The standard InChI is InChI=1S/C13H18BrFN2O3S/c1-21(19,20)7-5-12(16)13(18)17-6-4-9-8-10(14)2-3-11(9)15/h2-3,8,12H,4-7,16H2,1H3,(H,17,18). The number of rotatable bonds is 7. The zero-order valence-electron chi connectivity index (χ0n) is 11.6. The Hall–Kier alpha value is -0.990. The lowest BCUT2D eigenvalue weighted by atomic mass is 10.1. The molecule has 0 aliphatic heterocycles. The van der Waals surface area contributed by atoms with Gasteiger partial charge in [-0.1, -0.05) is 15.9 Å². The summed E-state index contributed by atoms with van der Waals surface area (Å²) in [6, 6.07) is 3.70. The van der Waals surface area contributed by atoms with Crippen LogP contribution in [0, 0.1) is 5.82 Å². The Morgan fingerprint density at radius 1 is 1.48 bits per heavy atom. The van der Waals surface area contributed by atoms with Gasteiger partial charge in [0, 0.05) is 17.3 Å². The Morgan fingerprint density at radius 2 is 2.14 bits per heavy atom. The van der Waals surface area contributed by atoms with E-state index in [-0.39, 0.29) is 24.5 Å². The van der Waals surface area contributed by atoms with E-state index in [1.54, 1.807) is 12.1 Å². The largest absolute Gasteiger partial charge is 0.354 e. The maximum atomic E-state index is 13.5. The molecule has 21 heavy (non-hydrogen) atoms. The highest BCUT2D eigenvalue weighted by molar-refractivity contribution is 9.10. The van der Waals surface area contributed by atoms with Gasteiger partial charge in [-0.25, -0.2) is 12.8 Å². The molecule has 5 nitrogen and oxygen atoms in total. The lowest BCUT2D eigenvalue weighted by Crippen LogP contribution is -2.42. The Bertz CT molecular complexity index is 607. The van der Waals surface area contributed by atoms with Crippen molar-refractivity contribution < 1.29 is 17.6 Å². The molecule has 1 amide bonds. The van der Waals surface area contributed by atoms with Gasteiger partial charge in [-0.3, -0.25) is 4.79 Å². The smallest absolute Gasteiger partial charge is 0.236 e. The fourth-order valence-electron chi connectivity index (χ4n) is 1.66. The van der Waals surface area contributed by atoms with Crippen LogP contribution in [0.15, 0.2) is 22.7 Å². The minimum Gasteiger partial charge on any atom is -0.354 e. The average molecular weight is 381 g/mol. The Balaban J connectivity index is 2.41. The van der Waals surface area contributed by atoms with E-state index in [1.165, 1.54) is 6.07 Å². The molecule has 0 aliphatic rings. The van der Waals surface area contributed by atoms with Crippen LogP contribution in [-0.2, 0) is 21.1 Å². The van der Waals surface area contributed by atoms with Crippen LogP contribution < -0.4 is 11.1 Å². The summed E-state index contributed by atoms with van der Waals surface area (Å²) in [5.41, 5.74) is 6.08. The molecule has 8 heteroatoms. The zero-order chi connectivity index (χ0) is 16.0. The van der Waals surface area contributed by atoms with Crippen molar-refractivity contribution in [1.29, 1.82) is 0 Å². The molecule has 0 aliphatic carbocycles. The predicted molar refractivity (Wildman–Crippen MR) is 83.1 cm³/mol. The van der Waals surface area contributed by atoms with E-state index in [0.29, 0.717) is 12.0 Å². The quantitative estimate of drug-likeness (QED) is 0.738. The van der Waals surface area contributed by atoms with E-state index < -0.39 is 21.8 Å².